The molecule has 1 heterocycles. The standard InChI is InChI=1S/C18H26N4O2/c1-21-7-9-22(10-8-21)17(23)13-20-18(24)19-12-15-11-16(15)14-5-3-2-4-6-14/h2-6,15-16H,7-13H2,1H3,(H2,19,20,24)/t15-,16-/m0/s1. The summed E-state index contributed by atoms with van der Waals surface area (Å²) >= 11 is 0. The Hall–Kier alpha value is -2.08. The number of hydrogen-bond donors (Lipinski definition) is 2. The van der Waals surface area contributed by atoms with Crippen molar-refractivity contribution >= 4 is 11.9 Å². The first-order valence-electron chi connectivity index (χ1n) is 8.66. The van der Waals surface area contributed by atoms with E-state index in [4.69, 9.17) is 0 Å². The minimum absolute atomic E-state index is 0.00756. The van der Waals surface area contributed by atoms with Gasteiger partial charge in [-0.2, -0.15) is 0 Å². The van der Waals surface area contributed by atoms with Crippen molar-refractivity contribution in [2.45, 2.75) is 12.3 Å². The van der Waals surface area contributed by atoms with Crippen LogP contribution < -0.4 is 10.6 Å². The van der Waals surface area contributed by atoms with Gasteiger partial charge in [0.2, 0.25) is 5.91 Å². The van der Waals surface area contributed by atoms with Gasteiger partial charge in [0.25, 0.3) is 0 Å². The fraction of sp³-hybridized carbons (Fsp3) is 0.556. The van der Waals surface area contributed by atoms with Gasteiger partial charge in [-0.25, -0.2) is 4.79 Å². The van der Waals surface area contributed by atoms with Crippen LogP contribution in [0.3, 0.4) is 0 Å². The highest BCUT2D eigenvalue weighted by Gasteiger charge is 2.38. The minimum Gasteiger partial charge on any atom is -0.339 e. The Morgan fingerprint density at radius 1 is 1.08 bits per heavy atom. The van der Waals surface area contributed by atoms with Crippen molar-refractivity contribution in [3.8, 4) is 0 Å². The summed E-state index contributed by atoms with van der Waals surface area (Å²) in [5.41, 5.74) is 1.34. The Labute approximate surface area is 143 Å². The number of rotatable bonds is 5. The predicted octanol–water partition coefficient (Wildman–Crippen LogP) is 0.863. The van der Waals surface area contributed by atoms with Crippen LogP contribution in [-0.4, -0.2) is 68.1 Å². The summed E-state index contributed by atoms with van der Waals surface area (Å²) in [4.78, 5) is 27.9. The average Bonchev–Trinajstić information content (AvgIpc) is 3.39. The second kappa shape index (κ2) is 7.66. The molecular weight excluding hydrogens is 304 g/mol. The number of hydrogen-bond acceptors (Lipinski definition) is 3. The molecule has 0 unspecified atom stereocenters. The fourth-order valence-electron chi connectivity index (χ4n) is 3.19. The summed E-state index contributed by atoms with van der Waals surface area (Å²) < 4.78 is 0. The Bertz CT molecular complexity index is 570. The van der Waals surface area contributed by atoms with Gasteiger partial charge < -0.3 is 20.4 Å². The first-order valence-corrected chi connectivity index (χ1v) is 8.66. The summed E-state index contributed by atoms with van der Waals surface area (Å²) in [5.74, 6) is 1.05. The summed E-state index contributed by atoms with van der Waals surface area (Å²) in [7, 11) is 2.05. The molecule has 2 N–H and O–H groups in total. The van der Waals surface area contributed by atoms with E-state index in [2.05, 4.69) is 39.8 Å². The molecule has 2 aliphatic rings. The molecule has 0 radical (unpaired) electrons. The quantitative estimate of drug-likeness (QED) is 0.842. The van der Waals surface area contributed by atoms with Gasteiger partial charge >= 0.3 is 6.03 Å². The number of urea groups is 1. The van der Waals surface area contributed by atoms with E-state index in [1.807, 2.05) is 18.0 Å². The summed E-state index contributed by atoms with van der Waals surface area (Å²) in [5, 5.41) is 5.55. The molecule has 1 aromatic rings. The van der Waals surface area contributed by atoms with Gasteiger partial charge in [-0.05, 0) is 30.9 Å². The topological polar surface area (TPSA) is 64.7 Å². The third-order valence-electron chi connectivity index (χ3n) is 4.93. The largest absolute Gasteiger partial charge is 0.339 e. The Kier molecular flexibility index (Phi) is 5.35. The van der Waals surface area contributed by atoms with Crippen molar-refractivity contribution in [2.75, 3.05) is 46.3 Å². The van der Waals surface area contributed by atoms with Gasteiger partial charge in [0.15, 0.2) is 0 Å². The van der Waals surface area contributed by atoms with Crippen LogP contribution in [0.25, 0.3) is 0 Å². The molecule has 130 valence electrons. The van der Waals surface area contributed by atoms with Gasteiger partial charge in [-0.3, -0.25) is 4.79 Å². The average molecular weight is 330 g/mol. The number of amides is 3. The molecule has 1 saturated heterocycles. The van der Waals surface area contributed by atoms with Crippen LogP contribution >= 0.6 is 0 Å². The third kappa shape index (κ3) is 4.47. The maximum Gasteiger partial charge on any atom is 0.315 e. The van der Waals surface area contributed by atoms with Crippen molar-refractivity contribution in [2.24, 2.45) is 5.92 Å². The van der Waals surface area contributed by atoms with Crippen LogP contribution in [0.5, 0.6) is 0 Å². The second-order valence-corrected chi connectivity index (χ2v) is 6.76. The third-order valence-corrected chi connectivity index (χ3v) is 4.93. The Morgan fingerprint density at radius 2 is 1.79 bits per heavy atom. The van der Waals surface area contributed by atoms with Gasteiger partial charge in [-0.1, -0.05) is 30.3 Å². The van der Waals surface area contributed by atoms with Crippen molar-refractivity contribution in [3.05, 3.63) is 35.9 Å². The van der Waals surface area contributed by atoms with Crippen LogP contribution in [-0.2, 0) is 4.79 Å². The number of benzene rings is 1. The predicted molar refractivity (Wildman–Crippen MR) is 92.8 cm³/mol. The number of carbonyl (C=O) groups is 2. The van der Waals surface area contributed by atoms with Crippen molar-refractivity contribution in [3.63, 3.8) is 0 Å². The van der Waals surface area contributed by atoms with Crippen LogP contribution in [0, 0.1) is 5.92 Å². The highest BCUT2D eigenvalue weighted by molar-refractivity contribution is 5.84. The zero-order valence-corrected chi connectivity index (χ0v) is 14.2. The van der Waals surface area contributed by atoms with Gasteiger partial charge in [0, 0.05) is 32.7 Å². The van der Waals surface area contributed by atoms with Crippen molar-refractivity contribution < 1.29 is 9.59 Å². The monoisotopic (exact) mass is 330 g/mol. The van der Waals surface area contributed by atoms with Crippen LogP contribution in [0.4, 0.5) is 4.79 Å². The molecule has 0 spiro atoms. The molecule has 6 heteroatoms. The summed E-state index contributed by atoms with van der Waals surface area (Å²) in [6, 6.07) is 10.1. The number of nitrogens with one attached hydrogen (secondary N) is 2. The maximum atomic E-state index is 12.1. The van der Waals surface area contributed by atoms with E-state index in [0.717, 1.165) is 32.6 Å². The van der Waals surface area contributed by atoms with E-state index in [1.165, 1.54) is 5.56 Å². The Balaban J connectivity index is 1.31. The molecule has 1 aliphatic carbocycles. The van der Waals surface area contributed by atoms with Crippen LogP contribution in [0.1, 0.15) is 17.9 Å². The lowest BCUT2D eigenvalue weighted by atomic mass is 10.1. The lowest BCUT2D eigenvalue weighted by Crippen LogP contribution is -2.51. The lowest BCUT2D eigenvalue weighted by Gasteiger charge is -2.32. The first kappa shape index (κ1) is 16.8. The zero-order valence-electron chi connectivity index (χ0n) is 14.2. The molecule has 3 rings (SSSR count). The molecule has 1 aromatic carbocycles. The molecule has 3 amide bonds. The van der Waals surface area contributed by atoms with E-state index in [1.54, 1.807) is 0 Å². The van der Waals surface area contributed by atoms with Gasteiger partial charge in [-0.15, -0.1) is 0 Å². The molecule has 24 heavy (non-hydrogen) atoms. The van der Waals surface area contributed by atoms with Gasteiger partial charge in [0.05, 0.1) is 6.54 Å². The molecule has 6 nitrogen and oxygen atoms in total. The number of piperazine rings is 1. The molecule has 1 aliphatic heterocycles. The highest BCUT2D eigenvalue weighted by Crippen LogP contribution is 2.46. The molecular formula is C18H26N4O2. The second-order valence-electron chi connectivity index (χ2n) is 6.76. The van der Waals surface area contributed by atoms with Gasteiger partial charge in [0.1, 0.15) is 0 Å². The molecule has 0 aromatic heterocycles. The normalized spacial score (nSPS) is 23.6. The van der Waals surface area contributed by atoms with Crippen molar-refractivity contribution in [1.29, 1.82) is 0 Å². The molecule has 2 fully saturated rings. The maximum absolute atomic E-state index is 12.1. The van der Waals surface area contributed by atoms with Crippen LogP contribution in [0.2, 0.25) is 0 Å². The molecule has 1 saturated carbocycles. The smallest absolute Gasteiger partial charge is 0.315 e. The number of carbonyl (C=O) groups excluding carboxylic acids is 2. The Morgan fingerprint density at radius 3 is 2.50 bits per heavy atom. The van der Waals surface area contributed by atoms with E-state index >= 15 is 0 Å². The number of likely N-dealkylation sites (N-methyl/N-ethyl adjacent to an activating group) is 1. The van der Waals surface area contributed by atoms with Crippen LogP contribution in [0.15, 0.2) is 30.3 Å². The number of nitrogens with zero attached hydrogens (tertiary/aromatic N) is 2. The summed E-state index contributed by atoms with van der Waals surface area (Å²) in [6.45, 7) is 3.98. The minimum atomic E-state index is -0.254. The van der Waals surface area contributed by atoms with E-state index < -0.39 is 0 Å². The summed E-state index contributed by atoms with van der Waals surface area (Å²) in [6.07, 6.45) is 1.12. The lowest BCUT2D eigenvalue weighted by molar-refractivity contribution is -0.131. The van der Waals surface area contributed by atoms with Crippen molar-refractivity contribution in [1.82, 2.24) is 20.4 Å². The highest BCUT2D eigenvalue weighted by atomic mass is 16.2. The van der Waals surface area contributed by atoms with E-state index in [9.17, 15) is 9.59 Å². The zero-order chi connectivity index (χ0) is 16.9. The molecule has 0 bridgehead atoms. The van der Waals surface area contributed by atoms with E-state index in [-0.39, 0.29) is 18.5 Å². The fourth-order valence-corrected chi connectivity index (χ4v) is 3.19. The first-order chi connectivity index (χ1) is 11.6. The van der Waals surface area contributed by atoms with E-state index in [0.29, 0.717) is 18.4 Å². The molecule has 2 atom stereocenters. The SMILES string of the molecule is CN1CCN(C(=O)CNC(=O)NC[C@@H]2C[C@H]2c2ccccc2)CC1.